The number of hydrogen-bond acceptors (Lipinski definition) is 2. The minimum Gasteiger partial charge on any atom is -0.314 e. The highest BCUT2D eigenvalue weighted by Crippen LogP contribution is 2.42. The molecule has 1 aromatic rings. The van der Waals surface area contributed by atoms with Gasteiger partial charge >= 0.3 is 6.18 Å². The van der Waals surface area contributed by atoms with Gasteiger partial charge in [-0.05, 0) is 12.1 Å². The Bertz CT molecular complexity index is 489. The monoisotopic (exact) mass is 350 g/mol. The first-order valence-corrected chi connectivity index (χ1v) is 6.35. The van der Waals surface area contributed by atoms with Crippen molar-refractivity contribution in [1.29, 1.82) is 0 Å². The topological polar surface area (TPSA) is 15.3 Å². The van der Waals surface area contributed by atoms with Gasteiger partial charge in [-0.1, -0.05) is 11.6 Å². The third-order valence-corrected chi connectivity index (χ3v) is 3.56. The molecule has 0 spiro atoms. The molecule has 1 saturated heterocycles. The summed E-state index contributed by atoms with van der Waals surface area (Å²) in [6, 6.07) is -0.864. The Labute approximate surface area is 129 Å². The molecule has 0 unspecified atom stereocenters. The van der Waals surface area contributed by atoms with E-state index in [9.17, 15) is 22.0 Å². The average molecular weight is 351 g/mol. The molecule has 2 nitrogen and oxygen atoms in total. The molecule has 0 aliphatic carbocycles. The maximum absolute atomic E-state index is 13.8. The van der Waals surface area contributed by atoms with Crippen molar-refractivity contribution in [3.8, 4) is 0 Å². The number of nitrogens with one attached hydrogen (secondary N) is 1. The van der Waals surface area contributed by atoms with Gasteiger partial charge in [-0.2, -0.15) is 13.2 Å². The van der Waals surface area contributed by atoms with E-state index in [1.807, 2.05) is 0 Å². The molecular weight excluding hydrogens is 338 g/mol. The van der Waals surface area contributed by atoms with Crippen LogP contribution in [0.1, 0.15) is 11.6 Å². The van der Waals surface area contributed by atoms with Crippen LogP contribution in [0.5, 0.6) is 0 Å². The van der Waals surface area contributed by atoms with Gasteiger partial charge in [0.1, 0.15) is 17.7 Å². The molecule has 0 aromatic heterocycles. The summed E-state index contributed by atoms with van der Waals surface area (Å²) in [5.74, 6) is -2.22. The third kappa shape index (κ3) is 3.97. The SMILES string of the molecule is Cl.Fc1ccc(F)c([C@H](N2CCNCC2)C(F)(F)F)c1Cl. The van der Waals surface area contributed by atoms with Crippen LogP contribution in [0.4, 0.5) is 22.0 Å². The van der Waals surface area contributed by atoms with E-state index in [-0.39, 0.29) is 25.5 Å². The van der Waals surface area contributed by atoms with Crippen LogP contribution in [0.25, 0.3) is 0 Å². The fraction of sp³-hybridized carbons (Fsp3) is 0.500. The maximum atomic E-state index is 13.8. The molecule has 1 fully saturated rings. The second-order valence-corrected chi connectivity index (χ2v) is 4.86. The molecule has 0 radical (unpaired) electrons. The molecule has 21 heavy (non-hydrogen) atoms. The van der Waals surface area contributed by atoms with Gasteiger partial charge in [-0.15, -0.1) is 12.4 Å². The van der Waals surface area contributed by atoms with E-state index in [1.54, 1.807) is 0 Å². The van der Waals surface area contributed by atoms with Crippen molar-refractivity contribution in [3.63, 3.8) is 0 Å². The zero-order chi connectivity index (χ0) is 14.9. The van der Waals surface area contributed by atoms with Crippen LogP contribution >= 0.6 is 24.0 Å². The summed E-state index contributed by atoms with van der Waals surface area (Å²) in [5.41, 5.74) is -0.846. The van der Waals surface area contributed by atoms with Crippen LogP contribution in [-0.2, 0) is 0 Å². The Kier molecular flexibility index (Phi) is 6.22. The van der Waals surface area contributed by atoms with Crippen LogP contribution in [-0.4, -0.2) is 37.3 Å². The van der Waals surface area contributed by atoms with Gasteiger partial charge in [0.15, 0.2) is 0 Å². The average Bonchev–Trinajstić information content (AvgIpc) is 2.39. The van der Waals surface area contributed by atoms with Gasteiger partial charge < -0.3 is 5.32 Å². The molecule has 0 amide bonds. The van der Waals surface area contributed by atoms with E-state index >= 15 is 0 Å². The van der Waals surface area contributed by atoms with E-state index in [1.165, 1.54) is 0 Å². The van der Waals surface area contributed by atoms with Gasteiger partial charge in [0.05, 0.1) is 5.02 Å². The van der Waals surface area contributed by atoms with Crippen molar-refractivity contribution in [3.05, 3.63) is 34.4 Å². The zero-order valence-electron chi connectivity index (χ0n) is 10.7. The molecule has 1 N–H and O–H groups in total. The number of nitrogens with zero attached hydrogens (tertiary/aromatic N) is 1. The molecule has 1 aromatic carbocycles. The maximum Gasteiger partial charge on any atom is 0.408 e. The van der Waals surface area contributed by atoms with Gasteiger partial charge in [0.25, 0.3) is 0 Å². The van der Waals surface area contributed by atoms with Gasteiger partial charge in [0, 0.05) is 31.7 Å². The largest absolute Gasteiger partial charge is 0.408 e. The highest BCUT2D eigenvalue weighted by Gasteiger charge is 2.47. The van der Waals surface area contributed by atoms with Crippen LogP contribution in [0, 0.1) is 11.6 Å². The first-order chi connectivity index (χ1) is 9.32. The summed E-state index contributed by atoms with van der Waals surface area (Å²) in [4.78, 5) is 1.06. The highest BCUT2D eigenvalue weighted by atomic mass is 35.5. The van der Waals surface area contributed by atoms with E-state index in [0.29, 0.717) is 25.2 Å². The Morgan fingerprint density at radius 1 is 1.10 bits per heavy atom. The van der Waals surface area contributed by atoms with Crippen molar-refractivity contribution in [2.75, 3.05) is 26.2 Å². The summed E-state index contributed by atoms with van der Waals surface area (Å²) in [6.07, 6.45) is -4.74. The molecular formula is C12H13Cl2F5N2. The van der Waals surface area contributed by atoms with Crippen molar-refractivity contribution in [2.24, 2.45) is 0 Å². The third-order valence-electron chi connectivity index (χ3n) is 3.18. The number of hydrogen-bond donors (Lipinski definition) is 1. The second kappa shape index (κ2) is 7.09. The first-order valence-electron chi connectivity index (χ1n) is 5.97. The number of halogens is 7. The predicted octanol–water partition coefficient (Wildman–Crippen LogP) is 3.55. The molecule has 0 bridgehead atoms. The Hall–Kier alpha value is -0.630. The summed E-state index contributed by atoms with van der Waals surface area (Å²) in [5, 5.41) is 2.09. The van der Waals surface area contributed by atoms with Crippen LogP contribution in [0.15, 0.2) is 12.1 Å². The van der Waals surface area contributed by atoms with Crippen molar-refractivity contribution in [2.45, 2.75) is 12.2 Å². The normalized spacial score (nSPS) is 18.2. The fourth-order valence-corrected chi connectivity index (χ4v) is 2.54. The molecule has 120 valence electrons. The van der Waals surface area contributed by atoms with E-state index in [0.717, 1.165) is 4.90 Å². The fourth-order valence-electron chi connectivity index (χ4n) is 2.29. The molecule has 1 heterocycles. The number of benzene rings is 1. The Morgan fingerprint density at radius 3 is 2.14 bits per heavy atom. The lowest BCUT2D eigenvalue weighted by Gasteiger charge is -2.36. The lowest BCUT2D eigenvalue weighted by Crippen LogP contribution is -2.49. The number of alkyl halides is 3. The molecule has 1 atom stereocenters. The van der Waals surface area contributed by atoms with E-state index in [4.69, 9.17) is 11.6 Å². The van der Waals surface area contributed by atoms with Crippen molar-refractivity contribution < 1.29 is 22.0 Å². The summed E-state index contributed by atoms with van der Waals surface area (Å²) >= 11 is 5.56. The van der Waals surface area contributed by atoms with Crippen LogP contribution < -0.4 is 5.32 Å². The minimum absolute atomic E-state index is 0. The van der Waals surface area contributed by atoms with Crippen LogP contribution in [0.3, 0.4) is 0 Å². The Balaban J connectivity index is 0.00000220. The van der Waals surface area contributed by atoms with E-state index in [2.05, 4.69) is 5.32 Å². The quantitative estimate of drug-likeness (QED) is 0.648. The van der Waals surface area contributed by atoms with Crippen LogP contribution in [0.2, 0.25) is 5.02 Å². The minimum atomic E-state index is -4.74. The smallest absolute Gasteiger partial charge is 0.314 e. The standard InChI is InChI=1S/C12H12ClF5N2.ClH/c13-10-8(15)2-1-7(14)9(10)11(12(16,17)18)20-5-3-19-4-6-20;/h1-2,11,19H,3-6H2;1H/t11-;/m0./s1. The summed E-state index contributed by atoms with van der Waals surface area (Å²) in [7, 11) is 0. The zero-order valence-corrected chi connectivity index (χ0v) is 12.3. The van der Waals surface area contributed by atoms with Crippen molar-refractivity contribution in [1.82, 2.24) is 10.2 Å². The highest BCUT2D eigenvalue weighted by molar-refractivity contribution is 6.31. The Morgan fingerprint density at radius 2 is 1.62 bits per heavy atom. The lowest BCUT2D eigenvalue weighted by molar-refractivity contribution is -0.188. The molecule has 2 rings (SSSR count). The molecule has 9 heteroatoms. The first kappa shape index (κ1) is 18.4. The molecule has 1 aliphatic heterocycles. The van der Waals surface area contributed by atoms with Gasteiger partial charge in [-0.25, -0.2) is 8.78 Å². The summed E-state index contributed by atoms with van der Waals surface area (Å²) in [6.45, 7) is 0.856. The summed E-state index contributed by atoms with van der Waals surface area (Å²) < 4.78 is 67.0. The lowest BCUT2D eigenvalue weighted by atomic mass is 10.0. The van der Waals surface area contributed by atoms with E-state index < -0.39 is 34.4 Å². The molecule has 0 saturated carbocycles. The van der Waals surface area contributed by atoms with Crippen molar-refractivity contribution >= 4 is 24.0 Å². The number of rotatable bonds is 2. The van der Waals surface area contributed by atoms with Gasteiger partial charge in [0.2, 0.25) is 0 Å². The number of piperazine rings is 1. The van der Waals surface area contributed by atoms with Gasteiger partial charge in [-0.3, -0.25) is 4.90 Å². The second-order valence-electron chi connectivity index (χ2n) is 4.49. The molecule has 1 aliphatic rings. The predicted molar refractivity (Wildman–Crippen MR) is 71.9 cm³/mol.